The third kappa shape index (κ3) is 42.3. The van der Waals surface area contributed by atoms with Crippen molar-refractivity contribution in [1.29, 1.82) is 0 Å². The van der Waals surface area contributed by atoms with Crippen molar-refractivity contribution >= 4 is 11.9 Å². The van der Waals surface area contributed by atoms with Gasteiger partial charge in [-0.3, -0.25) is 9.59 Å². The highest BCUT2D eigenvalue weighted by Crippen LogP contribution is 2.18. The van der Waals surface area contributed by atoms with Crippen molar-refractivity contribution in [3.05, 3.63) is 48.6 Å². The largest absolute Gasteiger partial charge is 0.462 e. The van der Waals surface area contributed by atoms with Crippen LogP contribution in [0.5, 0.6) is 0 Å². The molecule has 6 nitrogen and oxygen atoms in total. The van der Waals surface area contributed by atoms with Crippen LogP contribution in [0.2, 0.25) is 0 Å². The maximum atomic E-state index is 13.2. The lowest BCUT2D eigenvalue weighted by atomic mass is 10.0. The number of nitrogens with one attached hydrogen (secondary N) is 1. The molecule has 0 aliphatic carbocycles. The minimum absolute atomic E-state index is 0.0533. The second kappa shape index (κ2) is 46.9. The Labute approximate surface area is 366 Å². The Hall–Kier alpha value is -2.18. The van der Waals surface area contributed by atoms with E-state index in [1.807, 2.05) is 24.3 Å². The van der Waals surface area contributed by atoms with Crippen molar-refractivity contribution in [2.75, 3.05) is 6.61 Å². The molecule has 0 bridgehead atoms. The third-order valence-electron chi connectivity index (χ3n) is 11.5. The number of carbonyl (C=O) groups excluding carboxylic acids is 2. The SMILES string of the molecule is CC/C=C/C=C/C=C/C=C\CCCCCC(CC(=O)NC(CO)C(O)CCCCCCCCCCCCCCCCCCC)OC(=O)CCCCCCCCCCCC. The van der Waals surface area contributed by atoms with Gasteiger partial charge >= 0.3 is 5.97 Å². The van der Waals surface area contributed by atoms with Crippen molar-refractivity contribution in [3.8, 4) is 0 Å². The van der Waals surface area contributed by atoms with E-state index >= 15 is 0 Å². The molecule has 0 heterocycles. The molecule has 0 fully saturated rings. The predicted molar refractivity (Wildman–Crippen MR) is 255 cm³/mol. The van der Waals surface area contributed by atoms with Gasteiger partial charge in [-0.15, -0.1) is 0 Å². The van der Waals surface area contributed by atoms with Gasteiger partial charge in [0, 0.05) is 6.42 Å². The van der Waals surface area contributed by atoms with E-state index in [0.29, 0.717) is 19.3 Å². The molecule has 6 heteroatoms. The molecule has 3 unspecified atom stereocenters. The van der Waals surface area contributed by atoms with Gasteiger partial charge in [0.05, 0.1) is 25.2 Å². The number of hydrogen-bond donors (Lipinski definition) is 3. The van der Waals surface area contributed by atoms with E-state index in [1.165, 1.54) is 135 Å². The predicted octanol–water partition coefficient (Wildman–Crippen LogP) is 15.1. The summed E-state index contributed by atoms with van der Waals surface area (Å²) < 4.78 is 5.89. The summed E-state index contributed by atoms with van der Waals surface area (Å²) in [6, 6.07) is -0.712. The summed E-state index contributed by atoms with van der Waals surface area (Å²) in [6.45, 7) is 6.33. The van der Waals surface area contributed by atoms with Crippen LogP contribution in [-0.4, -0.2) is 46.9 Å². The number of amides is 1. The molecule has 59 heavy (non-hydrogen) atoms. The van der Waals surface area contributed by atoms with Crippen LogP contribution in [-0.2, 0) is 14.3 Å². The lowest BCUT2D eigenvalue weighted by Crippen LogP contribution is -2.46. The van der Waals surface area contributed by atoms with E-state index in [-0.39, 0.29) is 24.9 Å². The molecule has 0 spiro atoms. The van der Waals surface area contributed by atoms with Gasteiger partial charge in [0.1, 0.15) is 6.10 Å². The summed E-state index contributed by atoms with van der Waals surface area (Å²) in [7, 11) is 0. The Morgan fingerprint density at radius 2 is 0.915 bits per heavy atom. The van der Waals surface area contributed by atoms with Crippen LogP contribution in [0, 0.1) is 0 Å². The van der Waals surface area contributed by atoms with Crippen molar-refractivity contribution in [2.45, 2.75) is 270 Å². The fraction of sp³-hybridized carbons (Fsp3) is 0.811. The first-order chi connectivity index (χ1) is 29.0. The minimum atomic E-state index is -0.797. The lowest BCUT2D eigenvalue weighted by molar-refractivity contribution is -0.151. The Kier molecular flexibility index (Phi) is 45.1. The number of rotatable bonds is 45. The fourth-order valence-corrected chi connectivity index (χ4v) is 7.68. The summed E-state index contributed by atoms with van der Waals surface area (Å²) in [6.07, 6.45) is 56.0. The molecule has 344 valence electrons. The van der Waals surface area contributed by atoms with E-state index < -0.39 is 18.2 Å². The Bertz CT molecular complexity index is 1020. The second-order valence-corrected chi connectivity index (χ2v) is 17.3. The van der Waals surface area contributed by atoms with E-state index in [4.69, 9.17) is 4.74 Å². The highest BCUT2D eigenvalue weighted by Gasteiger charge is 2.24. The topological polar surface area (TPSA) is 95.9 Å². The maximum Gasteiger partial charge on any atom is 0.306 e. The molecular weight excluding hydrogens is 731 g/mol. The number of unbranched alkanes of at least 4 members (excludes halogenated alkanes) is 28. The number of carbonyl (C=O) groups is 2. The zero-order valence-corrected chi connectivity index (χ0v) is 39.1. The van der Waals surface area contributed by atoms with Crippen LogP contribution < -0.4 is 5.32 Å². The Morgan fingerprint density at radius 3 is 1.39 bits per heavy atom. The summed E-state index contributed by atoms with van der Waals surface area (Å²) in [5, 5.41) is 23.8. The molecule has 0 aromatic rings. The molecule has 0 saturated carbocycles. The van der Waals surface area contributed by atoms with Crippen LogP contribution in [0.15, 0.2) is 48.6 Å². The van der Waals surface area contributed by atoms with Gasteiger partial charge in [-0.1, -0.05) is 243 Å². The van der Waals surface area contributed by atoms with E-state index in [0.717, 1.165) is 70.6 Å². The molecule has 3 N–H and O–H groups in total. The van der Waals surface area contributed by atoms with Crippen molar-refractivity contribution in [3.63, 3.8) is 0 Å². The third-order valence-corrected chi connectivity index (χ3v) is 11.5. The molecule has 0 aromatic heterocycles. The Morgan fingerprint density at radius 1 is 0.508 bits per heavy atom. The summed E-state index contributed by atoms with van der Waals surface area (Å²) in [5.41, 5.74) is 0. The average molecular weight is 828 g/mol. The van der Waals surface area contributed by atoms with Crippen molar-refractivity contribution < 1.29 is 24.5 Å². The Balaban J connectivity index is 4.53. The van der Waals surface area contributed by atoms with E-state index in [1.54, 1.807) is 0 Å². The molecular formula is C53H97NO5. The smallest absolute Gasteiger partial charge is 0.306 e. The molecule has 1 amide bonds. The zero-order valence-electron chi connectivity index (χ0n) is 39.1. The summed E-state index contributed by atoms with van der Waals surface area (Å²) >= 11 is 0. The normalized spacial score (nSPS) is 13.6. The van der Waals surface area contributed by atoms with E-state index in [2.05, 4.69) is 50.4 Å². The van der Waals surface area contributed by atoms with Crippen LogP contribution in [0.3, 0.4) is 0 Å². The molecule has 0 saturated heterocycles. The average Bonchev–Trinajstić information content (AvgIpc) is 3.23. The lowest BCUT2D eigenvalue weighted by Gasteiger charge is -2.24. The van der Waals surface area contributed by atoms with Gasteiger partial charge in [0.2, 0.25) is 5.91 Å². The van der Waals surface area contributed by atoms with E-state index in [9.17, 15) is 19.8 Å². The summed E-state index contributed by atoms with van der Waals surface area (Å²) in [4.78, 5) is 26.0. The first-order valence-electron chi connectivity index (χ1n) is 25.4. The van der Waals surface area contributed by atoms with Crippen LogP contribution in [0.1, 0.15) is 252 Å². The van der Waals surface area contributed by atoms with Gasteiger partial charge in [-0.25, -0.2) is 0 Å². The highest BCUT2D eigenvalue weighted by molar-refractivity contribution is 5.77. The van der Waals surface area contributed by atoms with Gasteiger partial charge in [-0.05, 0) is 44.9 Å². The summed E-state index contributed by atoms with van der Waals surface area (Å²) in [5.74, 6) is -0.509. The van der Waals surface area contributed by atoms with Crippen molar-refractivity contribution in [2.24, 2.45) is 0 Å². The van der Waals surface area contributed by atoms with Crippen LogP contribution in [0.25, 0.3) is 0 Å². The molecule has 0 rings (SSSR count). The van der Waals surface area contributed by atoms with Gasteiger partial charge in [0.15, 0.2) is 0 Å². The molecule has 0 aliphatic rings. The van der Waals surface area contributed by atoms with Crippen molar-refractivity contribution in [1.82, 2.24) is 5.32 Å². The first-order valence-corrected chi connectivity index (χ1v) is 25.4. The minimum Gasteiger partial charge on any atom is -0.462 e. The number of esters is 1. The van der Waals surface area contributed by atoms with Gasteiger partial charge < -0.3 is 20.3 Å². The first kappa shape index (κ1) is 56.8. The molecule has 0 radical (unpaired) electrons. The van der Waals surface area contributed by atoms with Gasteiger partial charge in [0.25, 0.3) is 0 Å². The number of hydrogen-bond acceptors (Lipinski definition) is 5. The monoisotopic (exact) mass is 828 g/mol. The standard InChI is InChI=1S/C53H97NO5/c1-4-7-10-13-16-19-22-24-25-26-27-29-31-33-36-39-42-45-51(56)50(48-55)54-52(57)47-49(44-41-38-35-32-30-28-23-20-17-14-11-8-5-2)59-53(58)46-43-40-37-34-21-18-15-12-9-6-3/h8,11,14,17,20,23,28,30,49-51,55-56H,4-7,9-10,12-13,15-16,18-19,21-22,24-27,29,31-48H2,1-3H3,(H,54,57)/b11-8+,17-14+,23-20+,30-28-. The maximum absolute atomic E-state index is 13.2. The van der Waals surface area contributed by atoms with Gasteiger partial charge in [-0.2, -0.15) is 0 Å². The van der Waals surface area contributed by atoms with Crippen LogP contribution in [0.4, 0.5) is 0 Å². The highest BCUT2D eigenvalue weighted by atomic mass is 16.5. The fourth-order valence-electron chi connectivity index (χ4n) is 7.68. The number of aliphatic hydroxyl groups excluding tert-OH is 2. The number of allylic oxidation sites excluding steroid dienone is 8. The molecule has 0 aromatic carbocycles. The second-order valence-electron chi connectivity index (χ2n) is 17.3. The number of aliphatic hydroxyl groups is 2. The van der Waals surface area contributed by atoms with Crippen LogP contribution >= 0.6 is 0 Å². The quantitative estimate of drug-likeness (QED) is 0.0323. The zero-order chi connectivity index (χ0) is 43.1. The molecule has 3 atom stereocenters. The molecule has 0 aliphatic heterocycles. The number of ether oxygens (including phenoxy) is 1.